The zero-order chi connectivity index (χ0) is 15.0. The SMILES string of the molecule is CC1COC(CN)CN1S(=O)(=O)C1CCS(=O)(=O)CC1. The number of sulfonamides is 1. The van der Waals surface area contributed by atoms with E-state index < -0.39 is 25.1 Å². The van der Waals surface area contributed by atoms with E-state index >= 15 is 0 Å². The fourth-order valence-electron chi connectivity index (χ4n) is 2.65. The van der Waals surface area contributed by atoms with E-state index in [-0.39, 0.29) is 49.6 Å². The lowest BCUT2D eigenvalue weighted by Crippen LogP contribution is -2.55. The molecule has 2 fully saturated rings. The summed E-state index contributed by atoms with van der Waals surface area (Å²) < 4.78 is 55.1. The third-order valence-corrected chi connectivity index (χ3v) is 8.15. The molecule has 2 atom stereocenters. The summed E-state index contributed by atoms with van der Waals surface area (Å²) in [5, 5.41) is -0.606. The molecule has 2 N–H and O–H groups in total. The number of hydrogen-bond donors (Lipinski definition) is 1. The van der Waals surface area contributed by atoms with Gasteiger partial charge in [-0.2, -0.15) is 4.31 Å². The molecule has 0 amide bonds. The first-order valence-corrected chi connectivity index (χ1v) is 10.1. The van der Waals surface area contributed by atoms with Crippen LogP contribution in [-0.2, 0) is 24.6 Å². The third-order valence-electron chi connectivity index (χ3n) is 3.96. The molecule has 7 nitrogen and oxygen atoms in total. The van der Waals surface area contributed by atoms with Gasteiger partial charge in [-0.25, -0.2) is 16.8 Å². The minimum Gasteiger partial charge on any atom is -0.374 e. The fraction of sp³-hybridized carbons (Fsp3) is 1.00. The second-order valence-corrected chi connectivity index (χ2v) is 9.98. The predicted molar refractivity (Wildman–Crippen MR) is 75.6 cm³/mol. The Hall–Kier alpha value is -0.220. The molecule has 0 saturated carbocycles. The smallest absolute Gasteiger partial charge is 0.217 e. The zero-order valence-corrected chi connectivity index (χ0v) is 13.2. The zero-order valence-electron chi connectivity index (χ0n) is 11.6. The van der Waals surface area contributed by atoms with Crippen LogP contribution < -0.4 is 5.73 Å². The number of nitrogens with zero attached hydrogens (tertiary/aromatic N) is 1. The second-order valence-electron chi connectivity index (χ2n) is 5.51. The summed E-state index contributed by atoms with van der Waals surface area (Å²) >= 11 is 0. The average molecular weight is 326 g/mol. The molecule has 2 aliphatic rings. The van der Waals surface area contributed by atoms with Crippen LogP contribution in [0.15, 0.2) is 0 Å². The van der Waals surface area contributed by atoms with Crippen molar-refractivity contribution < 1.29 is 21.6 Å². The number of ether oxygens (including phenoxy) is 1. The van der Waals surface area contributed by atoms with Crippen LogP contribution in [0.25, 0.3) is 0 Å². The highest BCUT2D eigenvalue weighted by atomic mass is 32.2. The van der Waals surface area contributed by atoms with Crippen molar-refractivity contribution in [3.8, 4) is 0 Å². The summed E-state index contributed by atoms with van der Waals surface area (Å²) in [6.45, 7) is 2.65. The number of rotatable bonds is 3. The summed E-state index contributed by atoms with van der Waals surface area (Å²) in [5.41, 5.74) is 5.54. The Labute approximate surface area is 120 Å². The van der Waals surface area contributed by atoms with Gasteiger partial charge in [-0.1, -0.05) is 0 Å². The standard InChI is InChI=1S/C11H22N2O5S2/c1-9-8-18-10(6-12)7-13(9)20(16,17)11-2-4-19(14,15)5-3-11/h9-11H,2-8,12H2,1H3. The number of hydrogen-bond acceptors (Lipinski definition) is 6. The van der Waals surface area contributed by atoms with Crippen LogP contribution in [0.5, 0.6) is 0 Å². The molecule has 2 saturated heterocycles. The third kappa shape index (κ3) is 3.33. The van der Waals surface area contributed by atoms with Crippen LogP contribution in [0.3, 0.4) is 0 Å². The van der Waals surface area contributed by atoms with Gasteiger partial charge >= 0.3 is 0 Å². The lowest BCUT2D eigenvalue weighted by molar-refractivity contribution is -0.0223. The van der Waals surface area contributed by atoms with Crippen LogP contribution in [-0.4, -0.2) is 69.7 Å². The van der Waals surface area contributed by atoms with Gasteiger partial charge in [0, 0.05) is 19.1 Å². The maximum absolute atomic E-state index is 12.7. The van der Waals surface area contributed by atoms with Gasteiger partial charge < -0.3 is 10.5 Å². The van der Waals surface area contributed by atoms with E-state index in [9.17, 15) is 16.8 Å². The lowest BCUT2D eigenvalue weighted by atomic mass is 10.2. The quantitative estimate of drug-likeness (QED) is 0.708. The first-order chi connectivity index (χ1) is 9.26. The van der Waals surface area contributed by atoms with Crippen molar-refractivity contribution >= 4 is 19.9 Å². The Bertz CT molecular complexity index is 531. The molecule has 118 valence electrons. The Kier molecular flexibility index (Phi) is 4.75. The van der Waals surface area contributed by atoms with Gasteiger partial charge in [-0.3, -0.25) is 0 Å². The van der Waals surface area contributed by atoms with Crippen LogP contribution in [0.2, 0.25) is 0 Å². The number of sulfone groups is 1. The normalized spacial score (nSPS) is 33.1. The largest absolute Gasteiger partial charge is 0.374 e. The van der Waals surface area contributed by atoms with Crippen molar-refractivity contribution in [3.63, 3.8) is 0 Å². The number of nitrogens with two attached hydrogens (primary N) is 1. The van der Waals surface area contributed by atoms with Gasteiger partial charge in [-0.05, 0) is 19.8 Å². The molecule has 2 rings (SSSR count). The van der Waals surface area contributed by atoms with Gasteiger partial charge in [0.1, 0.15) is 9.84 Å². The van der Waals surface area contributed by atoms with Gasteiger partial charge in [0.25, 0.3) is 0 Å². The molecule has 0 aromatic carbocycles. The van der Waals surface area contributed by atoms with Gasteiger partial charge in [0.15, 0.2) is 0 Å². The summed E-state index contributed by atoms with van der Waals surface area (Å²) in [6.07, 6.45) is 0.0812. The van der Waals surface area contributed by atoms with Crippen molar-refractivity contribution in [2.75, 3.05) is 31.2 Å². The highest BCUT2D eigenvalue weighted by molar-refractivity contribution is 7.92. The summed E-state index contributed by atoms with van der Waals surface area (Å²) in [7, 11) is -6.56. The van der Waals surface area contributed by atoms with Crippen LogP contribution in [0.4, 0.5) is 0 Å². The minimum absolute atomic E-state index is 0.0457. The van der Waals surface area contributed by atoms with Gasteiger partial charge in [0.2, 0.25) is 10.0 Å². The fourth-order valence-corrected chi connectivity index (χ4v) is 6.59. The first kappa shape index (κ1) is 16.2. The molecule has 0 radical (unpaired) electrons. The summed E-state index contributed by atoms with van der Waals surface area (Å²) in [5.74, 6) is -0.0914. The van der Waals surface area contributed by atoms with Crippen molar-refractivity contribution in [1.29, 1.82) is 0 Å². The van der Waals surface area contributed by atoms with Crippen molar-refractivity contribution in [2.24, 2.45) is 5.73 Å². The van der Waals surface area contributed by atoms with E-state index in [4.69, 9.17) is 10.5 Å². The van der Waals surface area contributed by atoms with Crippen LogP contribution >= 0.6 is 0 Å². The molecule has 2 aliphatic heterocycles. The maximum Gasteiger partial charge on any atom is 0.217 e. The Morgan fingerprint density at radius 2 is 1.90 bits per heavy atom. The van der Waals surface area contributed by atoms with E-state index in [0.717, 1.165) is 0 Å². The number of morpholine rings is 1. The molecular weight excluding hydrogens is 304 g/mol. The van der Waals surface area contributed by atoms with Gasteiger partial charge in [-0.15, -0.1) is 0 Å². The highest BCUT2D eigenvalue weighted by Gasteiger charge is 2.41. The second kappa shape index (κ2) is 5.88. The Balaban J connectivity index is 2.13. The van der Waals surface area contributed by atoms with E-state index in [1.54, 1.807) is 6.92 Å². The molecule has 0 aromatic heterocycles. The molecule has 2 heterocycles. The van der Waals surface area contributed by atoms with E-state index in [1.165, 1.54) is 4.31 Å². The molecule has 0 bridgehead atoms. The minimum atomic E-state index is -3.49. The van der Waals surface area contributed by atoms with E-state index in [1.807, 2.05) is 0 Å². The molecular formula is C11H22N2O5S2. The highest BCUT2D eigenvalue weighted by Crippen LogP contribution is 2.26. The molecule has 0 spiro atoms. The van der Waals surface area contributed by atoms with Crippen LogP contribution in [0.1, 0.15) is 19.8 Å². The predicted octanol–water partition coefficient (Wildman–Crippen LogP) is -1.06. The van der Waals surface area contributed by atoms with E-state index in [0.29, 0.717) is 6.61 Å². The lowest BCUT2D eigenvalue weighted by Gasteiger charge is -2.39. The Morgan fingerprint density at radius 1 is 1.30 bits per heavy atom. The summed E-state index contributed by atoms with van der Waals surface area (Å²) in [4.78, 5) is 0. The van der Waals surface area contributed by atoms with E-state index in [2.05, 4.69) is 0 Å². The summed E-state index contributed by atoms with van der Waals surface area (Å²) in [6, 6.07) is -0.235. The monoisotopic (exact) mass is 326 g/mol. The molecule has 9 heteroatoms. The molecule has 20 heavy (non-hydrogen) atoms. The molecule has 2 unspecified atom stereocenters. The van der Waals surface area contributed by atoms with Crippen molar-refractivity contribution in [2.45, 2.75) is 37.2 Å². The average Bonchev–Trinajstić information content (AvgIpc) is 2.38. The Morgan fingerprint density at radius 3 is 2.45 bits per heavy atom. The van der Waals surface area contributed by atoms with Crippen molar-refractivity contribution in [1.82, 2.24) is 4.31 Å². The first-order valence-electron chi connectivity index (χ1n) is 6.79. The van der Waals surface area contributed by atoms with Gasteiger partial charge in [0.05, 0.1) is 29.5 Å². The molecule has 0 aromatic rings. The molecule has 0 aliphatic carbocycles. The van der Waals surface area contributed by atoms with Crippen molar-refractivity contribution in [3.05, 3.63) is 0 Å². The maximum atomic E-state index is 12.7. The topological polar surface area (TPSA) is 107 Å². The van der Waals surface area contributed by atoms with Crippen LogP contribution in [0, 0.1) is 0 Å².